The molecule has 0 saturated heterocycles. The van der Waals surface area contributed by atoms with E-state index in [1.807, 2.05) is 37.3 Å². The van der Waals surface area contributed by atoms with E-state index < -0.39 is 17.4 Å². The lowest BCUT2D eigenvalue weighted by Crippen LogP contribution is -2.40. The molecule has 1 aromatic rings. The monoisotopic (exact) mass is 424 g/mol. The van der Waals surface area contributed by atoms with E-state index in [2.05, 4.69) is 15.9 Å². The molecule has 1 aromatic carbocycles. The molecule has 5 nitrogen and oxygen atoms in total. The first-order valence-corrected chi connectivity index (χ1v) is 9.69. The second-order valence-electron chi connectivity index (χ2n) is 6.05. The minimum atomic E-state index is -1.37. The third kappa shape index (κ3) is 4.18. The van der Waals surface area contributed by atoms with Crippen LogP contribution in [0.3, 0.4) is 0 Å². The fraction of sp³-hybridized carbons (Fsp3) is 0.500. The summed E-state index contributed by atoms with van der Waals surface area (Å²) in [6, 6.07) is 9.74. The molecule has 0 radical (unpaired) electrons. The number of carbonyl (C=O) groups is 2. The number of hydrogen-bond donors (Lipinski definition) is 0. The fourth-order valence-corrected chi connectivity index (χ4v) is 3.89. The van der Waals surface area contributed by atoms with E-state index >= 15 is 0 Å². The summed E-state index contributed by atoms with van der Waals surface area (Å²) in [5, 5.41) is 0. The zero-order valence-electron chi connectivity index (χ0n) is 15.4. The summed E-state index contributed by atoms with van der Waals surface area (Å²) in [5.41, 5.74) is 0.476. The zero-order chi connectivity index (χ0) is 19.2. The van der Waals surface area contributed by atoms with Gasteiger partial charge in [0.05, 0.1) is 19.3 Å². The van der Waals surface area contributed by atoms with E-state index in [0.29, 0.717) is 6.61 Å². The van der Waals surface area contributed by atoms with E-state index in [1.165, 1.54) is 0 Å². The van der Waals surface area contributed by atoms with Gasteiger partial charge in [-0.3, -0.25) is 9.59 Å². The van der Waals surface area contributed by atoms with Gasteiger partial charge in [0.2, 0.25) is 0 Å². The Morgan fingerprint density at radius 1 is 1.04 bits per heavy atom. The minimum Gasteiger partial charge on any atom is -0.465 e. The Kier molecular flexibility index (Phi) is 7.41. The van der Waals surface area contributed by atoms with Gasteiger partial charge in [-0.2, -0.15) is 0 Å². The van der Waals surface area contributed by atoms with Crippen molar-refractivity contribution in [2.24, 2.45) is 5.41 Å². The molecule has 6 heteroatoms. The van der Waals surface area contributed by atoms with Crippen LogP contribution in [0.15, 0.2) is 35.9 Å². The highest BCUT2D eigenvalue weighted by molar-refractivity contribution is 9.15. The van der Waals surface area contributed by atoms with Crippen molar-refractivity contribution in [3.63, 3.8) is 0 Å². The zero-order valence-corrected chi connectivity index (χ0v) is 17.0. The highest BCUT2D eigenvalue weighted by Gasteiger charge is 2.56. The molecule has 2 rings (SSSR count). The van der Waals surface area contributed by atoms with Crippen molar-refractivity contribution in [2.45, 2.75) is 39.7 Å². The van der Waals surface area contributed by atoms with Crippen LogP contribution in [-0.2, 0) is 23.8 Å². The molecule has 0 spiro atoms. The van der Waals surface area contributed by atoms with Gasteiger partial charge in [-0.1, -0.05) is 46.3 Å². The average molecular weight is 425 g/mol. The first-order valence-electron chi connectivity index (χ1n) is 8.90. The van der Waals surface area contributed by atoms with Crippen molar-refractivity contribution in [3.05, 3.63) is 41.5 Å². The standard InChI is InChI=1S/C20H25BrO5/c1-4-24-16-13-20(18(22)25-5-2,19(23)26-6-3)12-15(16)17(21)14-10-8-7-9-11-14/h7-11,16H,4-6,12-13H2,1-3H3/b17-15+. The summed E-state index contributed by atoms with van der Waals surface area (Å²) in [7, 11) is 0. The smallest absolute Gasteiger partial charge is 0.323 e. The summed E-state index contributed by atoms with van der Waals surface area (Å²) in [5.74, 6) is -1.10. The Balaban J connectivity index is 2.49. The van der Waals surface area contributed by atoms with E-state index in [0.717, 1.165) is 15.6 Å². The first kappa shape index (κ1) is 20.6. The van der Waals surface area contributed by atoms with Gasteiger partial charge in [0.25, 0.3) is 0 Å². The van der Waals surface area contributed by atoms with Crippen molar-refractivity contribution in [1.29, 1.82) is 0 Å². The molecule has 26 heavy (non-hydrogen) atoms. The summed E-state index contributed by atoms with van der Waals surface area (Å²) < 4.78 is 17.2. The molecule has 0 N–H and O–H groups in total. The Hall–Kier alpha value is -1.66. The predicted molar refractivity (Wildman–Crippen MR) is 103 cm³/mol. The third-order valence-corrected chi connectivity index (χ3v) is 5.39. The lowest BCUT2D eigenvalue weighted by molar-refractivity contribution is -0.172. The summed E-state index contributed by atoms with van der Waals surface area (Å²) in [6.07, 6.45) is 0.0732. The van der Waals surface area contributed by atoms with Crippen molar-refractivity contribution < 1.29 is 23.8 Å². The number of carbonyl (C=O) groups excluding carboxylic acids is 2. The van der Waals surface area contributed by atoms with Crippen LogP contribution in [-0.4, -0.2) is 37.9 Å². The van der Waals surface area contributed by atoms with Crippen molar-refractivity contribution in [3.8, 4) is 0 Å². The number of rotatable bonds is 7. The minimum absolute atomic E-state index is 0.207. The molecular weight excluding hydrogens is 400 g/mol. The SMILES string of the molecule is CCOC(=O)C1(C(=O)OCC)C/C(=C(\Br)c2ccccc2)C(OCC)C1. The van der Waals surface area contributed by atoms with Crippen LogP contribution in [0.2, 0.25) is 0 Å². The molecule has 1 saturated carbocycles. The Labute approximate surface area is 162 Å². The molecule has 0 heterocycles. The van der Waals surface area contributed by atoms with Crippen molar-refractivity contribution >= 4 is 32.4 Å². The largest absolute Gasteiger partial charge is 0.465 e. The highest BCUT2D eigenvalue weighted by atomic mass is 79.9. The maximum absolute atomic E-state index is 12.7. The molecule has 0 aliphatic heterocycles. The number of ether oxygens (including phenoxy) is 3. The topological polar surface area (TPSA) is 61.8 Å². The van der Waals surface area contributed by atoms with Gasteiger partial charge < -0.3 is 14.2 Å². The molecule has 0 amide bonds. The molecule has 1 fully saturated rings. The molecule has 1 aliphatic rings. The number of hydrogen-bond acceptors (Lipinski definition) is 5. The Morgan fingerprint density at radius 2 is 1.62 bits per heavy atom. The second kappa shape index (κ2) is 9.33. The van der Waals surface area contributed by atoms with Gasteiger partial charge >= 0.3 is 11.9 Å². The second-order valence-corrected chi connectivity index (χ2v) is 6.85. The van der Waals surface area contributed by atoms with Crippen LogP contribution in [0.25, 0.3) is 4.48 Å². The lowest BCUT2D eigenvalue weighted by atomic mass is 9.85. The maximum atomic E-state index is 12.7. The van der Waals surface area contributed by atoms with Crippen LogP contribution in [0, 0.1) is 5.41 Å². The number of esters is 2. The molecule has 1 unspecified atom stereocenters. The number of halogens is 1. The van der Waals surface area contributed by atoms with E-state index in [1.54, 1.807) is 13.8 Å². The van der Waals surface area contributed by atoms with Gasteiger partial charge in [-0.15, -0.1) is 0 Å². The number of benzene rings is 1. The lowest BCUT2D eigenvalue weighted by Gasteiger charge is -2.24. The van der Waals surface area contributed by atoms with Crippen LogP contribution in [0.5, 0.6) is 0 Å². The van der Waals surface area contributed by atoms with Gasteiger partial charge in [0.1, 0.15) is 0 Å². The predicted octanol–water partition coefficient (Wildman–Crippen LogP) is 4.10. The highest BCUT2D eigenvalue weighted by Crippen LogP contribution is 2.48. The first-order chi connectivity index (χ1) is 12.5. The van der Waals surface area contributed by atoms with Gasteiger partial charge in [0, 0.05) is 17.5 Å². The summed E-state index contributed by atoms with van der Waals surface area (Å²) in [4.78, 5) is 25.4. The van der Waals surface area contributed by atoms with Crippen molar-refractivity contribution in [2.75, 3.05) is 19.8 Å². The quantitative estimate of drug-likeness (QED) is 0.486. The Bertz CT molecular complexity index is 650. The molecular formula is C20H25BrO5. The van der Waals surface area contributed by atoms with E-state index in [-0.39, 0.29) is 32.2 Å². The van der Waals surface area contributed by atoms with E-state index in [4.69, 9.17) is 14.2 Å². The molecule has 1 aliphatic carbocycles. The third-order valence-electron chi connectivity index (χ3n) is 4.42. The van der Waals surface area contributed by atoms with Crippen LogP contribution in [0.4, 0.5) is 0 Å². The van der Waals surface area contributed by atoms with Crippen LogP contribution in [0.1, 0.15) is 39.2 Å². The van der Waals surface area contributed by atoms with Gasteiger partial charge in [-0.25, -0.2) is 0 Å². The molecule has 1 atom stereocenters. The molecule has 142 valence electrons. The summed E-state index contributed by atoms with van der Waals surface area (Å²) in [6.45, 7) is 6.23. The fourth-order valence-electron chi connectivity index (χ4n) is 3.23. The van der Waals surface area contributed by atoms with Crippen molar-refractivity contribution in [1.82, 2.24) is 0 Å². The Morgan fingerprint density at radius 3 is 2.12 bits per heavy atom. The summed E-state index contributed by atoms with van der Waals surface area (Å²) >= 11 is 3.65. The van der Waals surface area contributed by atoms with Gasteiger partial charge in [0.15, 0.2) is 5.41 Å². The normalized spacial score (nSPS) is 20.5. The van der Waals surface area contributed by atoms with Crippen LogP contribution >= 0.6 is 15.9 Å². The van der Waals surface area contributed by atoms with Gasteiger partial charge in [-0.05, 0) is 38.3 Å². The molecule has 0 bridgehead atoms. The van der Waals surface area contributed by atoms with Crippen LogP contribution < -0.4 is 0 Å². The maximum Gasteiger partial charge on any atom is 0.323 e. The van der Waals surface area contributed by atoms with E-state index in [9.17, 15) is 9.59 Å². The molecule has 0 aromatic heterocycles. The average Bonchev–Trinajstić information content (AvgIpc) is 3.03.